The summed E-state index contributed by atoms with van der Waals surface area (Å²) in [6.07, 6.45) is 1.56. The van der Waals surface area contributed by atoms with Gasteiger partial charge >= 0.3 is 12.0 Å². The molecular weight excluding hydrogens is 598 g/mol. The third-order valence-corrected chi connectivity index (χ3v) is 8.12. The summed E-state index contributed by atoms with van der Waals surface area (Å²) in [6.45, 7) is 2.93. The smallest absolute Gasteiger partial charge is 0.335 e. The summed E-state index contributed by atoms with van der Waals surface area (Å²) in [5.41, 5.74) is 4.02. The molecule has 0 radical (unpaired) electrons. The Balaban J connectivity index is 1.27. The normalized spacial score (nSPS) is 15.6. The maximum atomic E-state index is 13.9. The molecule has 3 N–H and O–H groups in total. The van der Waals surface area contributed by atoms with E-state index in [9.17, 15) is 19.5 Å². The molecule has 1 heterocycles. The van der Waals surface area contributed by atoms with Crippen LogP contribution >= 0.6 is 0 Å². The van der Waals surface area contributed by atoms with E-state index in [2.05, 4.69) is 10.6 Å². The summed E-state index contributed by atoms with van der Waals surface area (Å²) in [5, 5.41) is 15.0. The molecule has 4 aromatic carbocycles. The van der Waals surface area contributed by atoms with Gasteiger partial charge in [0.2, 0.25) is 5.91 Å². The third-order valence-electron chi connectivity index (χ3n) is 8.12. The number of ether oxygens (including phenoxy) is 3. The van der Waals surface area contributed by atoms with Gasteiger partial charge in [0.25, 0.3) is 0 Å². The van der Waals surface area contributed by atoms with Crippen LogP contribution in [0.1, 0.15) is 39.9 Å². The molecule has 0 aliphatic carbocycles. The van der Waals surface area contributed by atoms with Crippen LogP contribution in [0.25, 0.3) is 0 Å². The zero-order valence-corrected chi connectivity index (χ0v) is 26.5. The second-order valence-electron chi connectivity index (χ2n) is 11.4. The first kappa shape index (κ1) is 33.0. The van der Waals surface area contributed by atoms with Gasteiger partial charge in [-0.25, -0.2) is 9.59 Å². The van der Waals surface area contributed by atoms with Gasteiger partial charge in [0.15, 0.2) is 0 Å². The number of urea groups is 1. The number of anilines is 2. The molecule has 1 aliphatic heterocycles. The van der Waals surface area contributed by atoms with E-state index in [0.717, 1.165) is 23.1 Å². The number of aromatic carboxylic acids is 1. The Morgan fingerprint density at radius 1 is 0.809 bits per heavy atom. The maximum absolute atomic E-state index is 13.9. The molecule has 4 aromatic rings. The first-order valence-electron chi connectivity index (χ1n) is 15.5. The fourth-order valence-corrected chi connectivity index (χ4v) is 5.70. The van der Waals surface area contributed by atoms with Crippen LogP contribution in [0.3, 0.4) is 0 Å². The molecule has 5 rings (SSSR count). The summed E-state index contributed by atoms with van der Waals surface area (Å²) in [4.78, 5) is 39.9. The quantitative estimate of drug-likeness (QED) is 0.152. The molecule has 47 heavy (non-hydrogen) atoms. The molecule has 0 aromatic heterocycles. The minimum Gasteiger partial charge on any atom is -0.495 e. The van der Waals surface area contributed by atoms with Crippen molar-refractivity contribution in [2.24, 2.45) is 0 Å². The molecule has 0 spiro atoms. The van der Waals surface area contributed by atoms with Crippen LogP contribution in [-0.4, -0.2) is 60.3 Å². The summed E-state index contributed by atoms with van der Waals surface area (Å²) >= 11 is 0. The molecule has 10 nitrogen and oxygen atoms in total. The Kier molecular flexibility index (Phi) is 11.1. The first-order chi connectivity index (χ1) is 22.8. The molecule has 0 saturated carbocycles. The van der Waals surface area contributed by atoms with Gasteiger partial charge in [0.1, 0.15) is 18.1 Å². The highest BCUT2D eigenvalue weighted by molar-refractivity contribution is 6.01. The zero-order valence-electron chi connectivity index (χ0n) is 26.5. The van der Waals surface area contributed by atoms with Gasteiger partial charge in [0, 0.05) is 5.69 Å². The van der Waals surface area contributed by atoms with Crippen molar-refractivity contribution in [3.8, 4) is 11.5 Å². The number of carboxylic acids is 1. The summed E-state index contributed by atoms with van der Waals surface area (Å²) in [5.74, 6) is -0.269. The van der Waals surface area contributed by atoms with Gasteiger partial charge in [-0.05, 0) is 72.9 Å². The van der Waals surface area contributed by atoms with E-state index in [4.69, 9.17) is 14.2 Å². The Labute approximate surface area is 274 Å². The van der Waals surface area contributed by atoms with Crippen LogP contribution in [0, 0.1) is 6.92 Å². The van der Waals surface area contributed by atoms with E-state index in [-0.39, 0.29) is 36.6 Å². The lowest BCUT2D eigenvalue weighted by Crippen LogP contribution is -2.46. The van der Waals surface area contributed by atoms with Crippen LogP contribution in [0.15, 0.2) is 97.1 Å². The van der Waals surface area contributed by atoms with E-state index in [1.54, 1.807) is 30.3 Å². The van der Waals surface area contributed by atoms with Crippen molar-refractivity contribution in [2.45, 2.75) is 44.9 Å². The Morgan fingerprint density at radius 2 is 1.53 bits per heavy atom. The van der Waals surface area contributed by atoms with E-state index in [1.807, 2.05) is 66.4 Å². The number of hydrogen-bond acceptors (Lipinski definition) is 6. The molecular formula is C37H39N3O7. The van der Waals surface area contributed by atoms with Gasteiger partial charge in [-0.1, -0.05) is 60.7 Å². The predicted octanol–water partition coefficient (Wildman–Crippen LogP) is 6.54. The number of amides is 3. The van der Waals surface area contributed by atoms with Crippen LogP contribution in [-0.2, 0) is 22.6 Å². The standard InChI is InChI=1S/C37H39N3O7/c1-25-9-6-7-14-32(25)38-37(44)39-33-18-15-27(19-34(33)45-2)20-35(41)40-29(23-46-22-26-10-4-3-5-11-26)16-17-30(40)24-47-31-13-8-12-28(21-31)36(42)43/h3-15,18-19,21,29-30H,16-17,20,22-24H2,1-2H3,(H,42,43)(H2,38,39,44)/t29-,30+/m1/s1. The zero-order chi connectivity index (χ0) is 33.2. The lowest BCUT2D eigenvalue weighted by Gasteiger charge is -2.30. The number of carbonyl (C=O) groups is 3. The van der Waals surface area contributed by atoms with Crippen LogP contribution in [0.5, 0.6) is 11.5 Å². The van der Waals surface area contributed by atoms with Crippen LogP contribution in [0.2, 0.25) is 0 Å². The van der Waals surface area contributed by atoms with Crippen molar-refractivity contribution in [3.63, 3.8) is 0 Å². The number of aryl methyl sites for hydroxylation is 1. The monoisotopic (exact) mass is 637 g/mol. The molecule has 3 amide bonds. The first-order valence-corrected chi connectivity index (χ1v) is 15.5. The highest BCUT2D eigenvalue weighted by atomic mass is 16.5. The van der Waals surface area contributed by atoms with Crippen molar-refractivity contribution in [2.75, 3.05) is 31.0 Å². The number of para-hydroxylation sites is 1. The Morgan fingerprint density at radius 3 is 2.28 bits per heavy atom. The number of carboxylic acid groups (broad SMARTS) is 1. The molecule has 0 unspecified atom stereocenters. The Hall–Kier alpha value is -5.35. The van der Waals surface area contributed by atoms with Crippen molar-refractivity contribution in [1.29, 1.82) is 0 Å². The maximum Gasteiger partial charge on any atom is 0.335 e. The second-order valence-corrected chi connectivity index (χ2v) is 11.4. The van der Waals surface area contributed by atoms with Crippen molar-refractivity contribution >= 4 is 29.3 Å². The number of nitrogens with one attached hydrogen (secondary N) is 2. The van der Waals surface area contributed by atoms with Gasteiger partial charge in [0.05, 0.1) is 50.1 Å². The molecule has 1 saturated heterocycles. The summed E-state index contributed by atoms with van der Waals surface area (Å²) in [7, 11) is 1.51. The van der Waals surface area contributed by atoms with Crippen LogP contribution in [0.4, 0.5) is 16.2 Å². The van der Waals surface area contributed by atoms with Gasteiger partial charge < -0.3 is 34.9 Å². The molecule has 10 heteroatoms. The molecule has 0 bridgehead atoms. The van der Waals surface area contributed by atoms with Gasteiger partial charge in [-0.3, -0.25) is 4.79 Å². The largest absolute Gasteiger partial charge is 0.495 e. The lowest BCUT2D eigenvalue weighted by atomic mass is 10.1. The Bertz CT molecular complexity index is 1690. The van der Waals surface area contributed by atoms with Gasteiger partial charge in [-0.15, -0.1) is 0 Å². The molecule has 1 aliphatic rings. The predicted molar refractivity (Wildman–Crippen MR) is 179 cm³/mol. The number of rotatable bonds is 13. The molecule has 2 atom stereocenters. The minimum atomic E-state index is -1.03. The number of carbonyl (C=O) groups excluding carboxylic acids is 2. The van der Waals surface area contributed by atoms with Crippen molar-refractivity contribution < 1.29 is 33.7 Å². The number of benzene rings is 4. The summed E-state index contributed by atoms with van der Waals surface area (Å²) < 4.78 is 17.6. The molecule has 1 fully saturated rings. The average Bonchev–Trinajstić information content (AvgIpc) is 3.49. The average molecular weight is 638 g/mol. The van der Waals surface area contributed by atoms with Crippen molar-refractivity contribution in [1.82, 2.24) is 4.90 Å². The lowest BCUT2D eigenvalue weighted by molar-refractivity contribution is -0.135. The fraction of sp³-hybridized carbons (Fsp3) is 0.270. The number of nitrogens with zero attached hydrogens (tertiary/aromatic N) is 1. The number of hydrogen-bond donors (Lipinski definition) is 3. The minimum absolute atomic E-state index is 0.0937. The van der Waals surface area contributed by atoms with Crippen molar-refractivity contribution in [3.05, 3.63) is 119 Å². The van der Waals surface area contributed by atoms with E-state index >= 15 is 0 Å². The highest BCUT2D eigenvalue weighted by Crippen LogP contribution is 2.30. The van der Waals surface area contributed by atoms with E-state index in [1.165, 1.54) is 19.2 Å². The number of likely N-dealkylation sites (tertiary alicyclic amines) is 1. The second kappa shape index (κ2) is 15.8. The molecule has 244 valence electrons. The van der Waals surface area contributed by atoms with E-state index in [0.29, 0.717) is 42.5 Å². The SMILES string of the molecule is COc1cc(CC(=O)N2[C@@H](COCc3ccccc3)CC[C@H]2COc2cccc(C(=O)O)c2)ccc1NC(=O)Nc1ccccc1C. The number of methoxy groups -OCH3 is 1. The fourth-order valence-electron chi connectivity index (χ4n) is 5.70. The topological polar surface area (TPSA) is 126 Å². The van der Waals surface area contributed by atoms with Crippen LogP contribution < -0.4 is 20.1 Å². The van der Waals surface area contributed by atoms with E-state index < -0.39 is 12.0 Å². The highest BCUT2D eigenvalue weighted by Gasteiger charge is 2.37. The third kappa shape index (κ3) is 8.89. The summed E-state index contributed by atoms with van der Waals surface area (Å²) in [6, 6.07) is 28.2. The van der Waals surface area contributed by atoms with Gasteiger partial charge in [-0.2, -0.15) is 0 Å².